The standard InChI is InChI=1S/C20H24N2O5/c1-3-11-21(12-10-15-4-7-17(27-2)8-5-15)20(24)14-16-6-9-19(23)18(13-16)22(25)26/h4-9,13,23H,3,10-12,14H2,1-2H3. The van der Waals surface area contributed by atoms with Gasteiger partial charge in [0.25, 0.3) is 0 Å². The molecule has 0 spiro atoms. The molecule has 0 fully saturated rings. The van der Waals surface area contributed by atoms with Crippen LogP contribution in [0.5, 0.6) is 11.5 Å². The number of phenols is 1. The van der Waals surface area contributed by atoms with Gasteiger partial charge in [0.05, 0.1) is 18.5 Å². The number of benzene rings is 2. The van der Waals surface area contributed by atoms with Crippen molar-refractivity contribution in [1.29, 1.82) is 0 Å². The largest absolute Gasteiger partial charge is 0.502 e. The van der Waals surface area contributed by atoms with Gasteiger partial charge in [0.2, 0.25) is 5.91 Å². The average molecular weight is 372 g/mol. The Morgan fingerprint density at radius 1 is 1.15 bits per heavy atom. The lowest BCUT2D eigenvalue weighted by Crippen LogP contribution is -2.34. The summed E-state index contributed by atoms with van der Waals surface area (Å²) in [5, 5.41) is 20.5. The Hall–Kier alpha value is -3.09. The average Bonchev–Trinajstić information content (AvgIpc) is 2.66. The Balaban J connectivity index is 2.03. The molecule has 0 saturated carbocycles. The summed E-state index contributed by atoms with van der Waals surface area (Å²) >= 11 is 0. The zero-order valence-corrected chi connectivity index (χ0v) is 15.6. The fraction of sp³-hybridized carbons (Fsp3) is 0.350. The summed E-state index contributed by atoms with van der Waals surface area (Å²) in [7, 11) is 1.62. The summed E-state index contributed by atoms with van der Waals surface area (Å²) in [6, 6.07) is 11.7. The number of methoxy groups -OCH3 is 1. The number of hydrogen-bond donors (Lipinski definition) is 1. The van der Waals surface area contributed by atoms with Gasteiger partial charge < -0.3 is 14.7 Å². The number of phenolic OH excluding ortho intramolecular Hbond substituents is 1. The highest BCUT2D eigenvalue weighted by molar-refractivity contribution is 5.79. The molecule has 0 saturated heterocycles. The molecule has 0 aliphatic rings. The van der Waals surface area contributed by atoms with Gasteiger partial charge in [-0.05, 0) is 42.2 Å². The molecule has 0 aliphatic heterocycles. The van der Waals surface area contributed by atoms with Crippen LogP contribution in [-0.4, -0.2) is 41.0 Å². The molecule has 0 unspecified atom stereocenters. The van der Waals surface area contributed by atoms with Crippen molar-refractivity contribution in [2.24, 2.45) is 0 Å². The molecule has 7 heteroatoms. The second-order valence-corrected chi connectivity index (χ2v) is 6.24. The highest BCUT2D eigenvalue weighted by Crippen LogP contribution is 2.26. The van der Waals surface area contributed by atoms with E-state index in [-0.39, 0.29) is 18.0 Å². The van der Waals surface area contributed by atoms with Crippen molar-refractivity contribution in [2.45, 2.75) is 26.2 Å². The molecular weight excluding hydrogens is 348 g/mol. The summed E-state index contributed by atoms with van der Waals surface area (Å²) < 4.78 is 5.14. The van der Waals surface area contributed by atoms with Crippen molar-refractivity contribution < 1.29 is 19.6 Å². The Bertz CT molecular complexity index is 789. The first-order valence-electron chi connectivity index (χ1n) is 8.81. The van der Waals surface area contributed by atoms with Crippen LogP contribution in [0.25, 0.3) is 0 Å². The fourth-order valence-electron chi connectivity index (χ4n) is 2.80. The third kappa shape index (κ3) is 5.70. The number of carbonyl (C=O) groups is 1. The maximum Gasteiger partial charge on any atom is 0.310 e. The molecule has 7 nitrogen and oxygen atoms in total. The van der Waals surface area contributed by atoms with Gasteiger partial charge in [0.1, 0.15) is 5.75 Å². The van der Waals surface area contributed by atoms with E-state index in [0.717, 1.165) is 17.7 Å². The van der Waals surface area contributed by atoms with Gasteiger partial charge >= 0.3 is 5.69 Å². The van der Waals surface area contributed by atoms with Crippen molar-refractivity contribution in [3.63, 3.8) is 0 Å². The highest BCUT2D eigenvalue weighted by atomic mass is 16.6. The van der Waals surface area contributed by atoms with E-state index >= 15 is 0 Å². The maximum absolute atomic E-state index is 12.7. The van der Waals surface area contributed by atoms with E-state index in [1.165, 1.54) is 18.2 Å². The molecule has 144 valence electrons. The van der Waals surface area contributed by atoms with E-state index in [1.807, 2.05) is 31.2 Å². The predicted octanol–water partition coefficient (Wildman–Crippen LogP) is 3.33. The second-order valence-electron chi connectivity index (χ2n) is 6.24. The third-order valence-electron chi connectivity index (χ3n) is 4.27. The van der Waals surface area contributed by atoms with E-state index in [4.69, 9.17) is 4.74 Å². The second kappa shape index (κ2) is 9.56. The van der Waals surface area contributed by atoms with Gasteiger partial charge in [0, 0.05) is 19.2 Å². The minimum absolute atomic E-state index is 0.0593. The third-order valence-corrected chi connectivity index (χ3v) is 4.27. The molecule has 0 bridgehead atoms. The molecule has 2 rings (SSSR count). The van der Waals surface area contributed by atoms with Crippen LogP contribution >= 0.6 is 0 Å². The van der Waals surface area contributed by atoms with Crippen molar-refractivity contribution >= 4 is 11.6 Å². The van der Waals surface area contributed by atoms with E-state index in [1.54, 1.807) is 12.0 Å². The van der Waals surface area contributed by atoms with Gasteiger partial charge in [0.15, 0.2) is 5.75 Å². The van der Waals surface area contributed by atoms with Crippen molar-refractivity contribution in [1.82, 2.24) is 4.90 Å². The molecule has 0 aromatic heterocycles. The number of carbonyl (C=O) groups excluding carboxylic acids is 1. The lowest BCUT2D eigenvalue weighted by Gasteiger charge is -2.22. The summed E-state index contributed by atoms with van der Waals surface area (Å²) in [6.07, 6.45) is 1.60. The molecule has 0 aliphatic carbocycles. The molecule has 0 atom stereocenters. The van der Waals surface area contributed by atoms with Crippen LogP contribution in [0.2, 0.25) is 0 Å². The molecular formula is C20H24N2O5. The quantitative estimate of drug-likeness (QED) is 0.538. The number of nitro groups is 1. The van der Waals surface area contributed by atoms with Crippen LogP contribution in [-0.2, 0) is 17.6 Å². The summed E-state index contributed by atoms with van der Waals surface area (Å²) in [5.74, 6) is 0.292. The summed E-state index contributed by atoms with van der Waals surface area (Å²) in [6.45, 7) is 3.19. The van der Waals surface area contributed by atoms with Crippen molar-refractivity contribution in [2.75, 3.05) is 20.2 Å². The minimum atomic E-state index is -0.656. The first kappa shape index (κ1) is 20.2. The molecule has 2 aromatic rings. The zero-order valence-electron chi connectivity index (χ0n) is 15.6. The number of rotatable bonds is 9. The number of aromatic hydroxyl groups is 1. The van der Waals surface area contributed by atoms with Gasteiger partial charge in [-0.3, -0.25) is 14.9 Å². The molecule has 1 amide bonds. The number of hydrogen-bond acceptors (Lipinski definition) is 5. The van der Waals surface area contributed by atoms with Crippen LogP contribution in [0, 0.1) is 10.1 Å². The Morgan fingerprint density at radius 2 is 1.81 bits per heavy atom. The van der Waals surface area contributed by atoms with E-state index in [2.05, 4.69) is 0 Å². The topological polar surface area (TPSA) is 92.9 Å². The Labute approximate surface area is 158 Å². The van der Waals surface area contributed by atoms with Gasteiger partial charge in [-0.1, -0.05) is 25.1 Å². The SMILES string of the molecule is CCCN(CCc1ccc(OC)cc1)C(=O)Cc1ccc(O)c([N+](=O)[O-])c1. The normalized spacial score (nSPS) is 10.4. The van der Waals surface area contributed by atoms with Crippen LogP contribution in [0.1, 0.15) is 24.5 Å². The highest BCUT2D eigenvalue weighted by Gasteiger charge is 2.18. The van der Waals surface area contributed by atoms with Crippen molar-refractivity contribution in [3.8, 4) is 11.5 Å². The number of nitrogens with zero attached hydrogens (tertiary/aromatic N) is 2. The first-order chi connectivity index (χ1) is 12.9. The molecule has 27 heavy (non-hydrogen) atoms. The number of amides is 1. The smallest absolute Gasteiger partial charge is 0.310 e. The summed E-state index contributed by atoms with van der Waals surface area (Å²) in [5.41, 5.74) is 1.22. The number of ether oxygens (including phenoxy) is 1. The fourth-order valence-corrected chi connectivity index (χ4v) is 2.80. The minimum Gasteiger partial charge on any atom is -0.502 e. The van der Waals surface area contributed by atoms with E-state index in [0.29, 0.717) is 25.1 Å². The van der Waals surface area contributed by atoms with Crippen molar-refractivity contribution in [3.05, 3.63) is 63.7 Å². The Kier molecular flexibility index (Phi) is 7.16. The number of nitro benzene ring substituents is 1. The Morgan fingerprint density at radius 3 is 2.41 bits per heavy atom. The molecule has 2 aromatic carbocycles. The van der Waals surface area contributed by atoms with Gasteiger partial charge in [-0.2, -0.15) is 0 Å². The monoisotopic (exact) mass is 372 g/mol. The molecule has 0 heterocycles. The molecule has 0 radical (unpaired) electrons. The van der Waals surface area contributed by atoms with Crippen LogP contribution in [0.15, 0.2) is 42.5 Å². The predicted molar refractivity (Wildman–Crippen MR) is 102 cm³/mol. The van der Waals surface area contributed by atoms with Crippen LogP contribution < -0.4 is 4.74 Å². The zero-order chi connectivity index (χ0) is 19.8. The maximum atomic E-state index is 12.7. The lowest BCUT2D eigenvalue weighted by molar-refractivity contribution is -0.385. The summed E-state index contributed by atoms with van der Waals surface area (Å²) in [4.78, 5) is 24.7. The van der Waals surface area contributed by atoms with Gasteiger partial charge in [-0.25, -0.2) is 0 Å². The van der Waals surface area contributed by atoms with Crippen LogP contribution in [0.3, 0.4) is 0 Å². The van der Waals surface area contributed by atoms with E-state index < -0.39 is 10.7 Å². The molecule has 1 N–H and O–H groups in total. The van der Waals surface area contributed by atoms with E-state index in [9.17, 15) is 20.0 Å². The first-order valence-corrected chi connectivity index (χ1v) is 8.81. The van der Waals surface area contributed by atoms with Gasteiger partial charge in [-0.15, -0.1) is 0 Å². The lowest BCUT2D eigenvalue weighted by atomic mass is 10.1. The van der Waals surface area contributed by atoms with Crippen LogP contribution in [0.4, 0.5) is 5.69 Å².